The van der Waals surface area contributed by atoms with Crippen LogP contribution in [0.3, 0.4) is 0 Å². The Hall–Kier alpha value is -6.55. The number of carbonyl (C=O) groups excluding carboxylic acids is 2. The molecule has 250 valence electrons. The lowest BCUT2D eigenvalue weighted by Gasteiger charge is -2.21. The molecule has 0 atom stereocenters. The number of carboxylic acids is 1. The fraction of sp³-hybridized carbons (Fsp3) is 0.125. The highest BCUT2D eigenvalue weighted by Gasteiger charge is 2.20. The summed E-state index contributed by atoms with van der Waals surface area (Å²) < 4.78 is 10.7. The van der Waals surface area contributed by atoms with Gasteiger partial charge >= 0.3 is 5.97 Å². The summed E-state index contributed by atoms with van der Waals surface area (Å²) in [5, 5.41) is 16.5. The molecule has 1 aromatic heterocycles. The number of nitrogens with one attached hydrogen (secondary N) is 1. The van der Waals surface area contributed by atoms with Gasteiger partial charge in [0, 0.05) is 28.9 Å². The van der Waals surface area contributed by atoms with E-state index in [1.807, 2.05) is 36.4 Å². The quantitative estimate of drug-likeness (QED) is 0.139. The molecule has 0 saturated heterocycles. The van der Waals surface area contributed by atoms with Crippen LogP contribution in [0, 0.1) is 6.92 Å². The molecule has 0 aliphatic rings. The van der Waals surface area contributed by atoms with Gasteiger partial charge in [-0.2, -0.15) is 4.98 Å². The monoisotopic (exact) mass is 666 g/mol. The fourth-order valence-corrected chi connectivity index (χ4v) is 5.36. The van der Waals surface area contributed by atoms with Gasteiger partial charge in [-0.05, 0) is 77.7 Å². The Bertz CT molecular complexity index is 2090. The third kappa shape index (κ3) is 8.29. The minimum Gasteiger partial charge on any atom is -0.497 e. The summed E-state index contributed by atoms with van der Waals surface area (Å²) in [5.74, 6) is -0.301. The Balaban J connectivity index is 1.08. The summed E-state index contributed by atoms with van der Waals surface area (Å²) in [4.78, 5) is 43.4. The van der Waals surface area contributed by atoms with Crippen LogP contribution >= 0.6 is 0 Å². The van der Waals surface area contributed by atoms with Crippen LogP contribution in [0.1, 0.15) is 27.0 Å². The third-order valence-electron chi connectivity index (χ3n) is 8.08. The Morgan fingerprint density at radius 3 is 1.94 bits per heavy atom. The number of methoxy groups -OCH3 is 1. The molecule has 6 rings (SSSR count). The number of rotatable bonds is 12. The molecule has 0 aliphatic heterocycles. The second-order valence-corrected chi connectivity index (χ2v) is 11.8. The molecule has 0 aliphatic carbocycles. The predicted octanol–water partition coefficient (Wildman–Crippen LogP) is 7.30. The van der Waals surface area contributed by atoms with E-state index in [2.05, 4.69) is 46.6 Å². The Morgan fingerprint density at radius 1 is 0.740 bits per heavy atom. The molecular weight excluding hydrogens is 632 g/mol. The summed E-state index contributed by atoms with van der Waals surface area (Å²) >= 11 is 0. The van der Waals surface area contributed by atoms with Crippen molar-refractivity contribution in [1.29, 1.82) is 0 Å². The summed E-state index contributed by atoms with van der Waals surface area (Å²) in [7, 11) is 1.58. The molecule has 1 heterocycles. The summed E-state index contributed by atoms with van der Waals surface area (Å²) in [6.45, 7) is 1.63. The van der Waals surface area contributed by atoms with Crippen LogP contribution in [0.4, 0.5) is 5.69 Å². The van der Waals surface area contributed by atoms with Gasteiger partial charge in [0.05, 0.1) is 13.5 Å². The van der Waals surface area contributed by atoms with Crippen molar-refractivity contribution in [2.45, 2.75) is 19.9 Å². The molecule has 10 nitrogen and oxygen atoms in total. The van der Waals surface area contributed by atoms with Gasteiger partial charge in [-0.1, -0.05) is 83.5 Å². The molecular formula is C40H34N4O6. The van der Waals surface area contributed by atoms with Crippen LogP contribution in [0.2, 0.25) is 0 Å². The van der Waals surface area contributed by atoms with Crippen molar-refractivity contribution in [2.75, 3.05) is 19.0 Å². The van der Waals surface area contributed by atoms with E-state index in [9.17, 15) is 19.5 Å². The second kappa shape index (κ2) is 15.1. The molecule has 2 N–H and O–H groups in total. The van der Waals surface area contributed by atoms with Gasteiger partial charge in [0.2, 0.25) is 11.7 Å². The minimum absolute atomic E-state index is 0.0661. The summed E-state index contributed by atoms with van der Waals surface area (Å²) in [5.41, 5.74) is 7.28. The first-order valence-corrected chi connectivity index (χ1v) is 15.9. The average molecular weight is 667 g/mol. The van der Waals surface area contributed by atoms with E-state index in [0.717, 1.165) is 27.8 Å². The second-order valence-electron chi connectivity index (χ2n) is 11.8. The van der Waals surface area contributed by atoms with Crippen LogP contribution in [-0.2, 0) is 22.6 Å². The number of hydrogen-bond acceptors (Lipinski definition) is 7. The van der Waals surface area contributed by atoms with E-state index < -0.39 is 18.4 Å². The number of benzene rings is 5. The lowest BCUT2D eigenvalue weighted by atomic mass is 10.0. The number of aliphatic carboxylic acids is 1. The van der Waals surface area contributed by atoms with Crippen molar-refractivity contribution in [3.63, 3.8) is 0 Å². The van der Waals surface area contributed by atoms with Crippen LogP contribution in [-0.4, -0.2) is 51.6 Å². The third-order valence-corrected chi connectivity index (χ3v) is 8.08. The van der Waals surface area contributed by atoms with Crippen LogP contribution in [0.15, 0.2) is 126 Å². The lowest BCUT2D eigenvalue weighted by molar-refractivity contribution is -0.137. The zero-order chi connectivity index (χ0) is 35.0. The highest BCUT2D eigenvalue weighted by atomic mass is 16.5. The molecule has 5 aromatic carbocycles. The lowest BCUT2D eigenvalue weighted by Crippen LogP contribution is -2.35. The Morgan fingerprint density at radius 2 is 1.32 bits per heavy atom. The molecule has 0 radical (unpaired) electrons. The van der Waals surface area contributed by atoms with Gasteiger partial charge in [0.25, 0.3) is 11.8 Å². The molecule has 2 amide bonds. The van der Waals surface area contributed by atoms with Crippen LogP contribution in [0.25, 0.3) is 34.0 Å². The molecule has 0 fully saturated rings. The van der Waals surface area contributed by atoms with Crippen molar-refractivity contribution >= 4 is 23.5 Å². The van der Waals surface area contributed by atoms with E-state index in [1.54, 1.807) is 67.8 Å². The number of hydrogen-bond donors (Lipinski definition) is 2. The maximum absolute atomic E-state index is 13.4. The van der Waals surface area contributed by atoms with E-state index in [1.165, 1.54) is 10.5 Å². The van der Waals surface area contributed by atoms with E-state index in [-0.39, 0.29) is 18.9 Å². The average Bonchev–Trinajstić information content (AvgIpc) is 3.63. The molecule has 0 saturated carbocycles. The van der Waals surface area contributed by atoms with Gasteiger partial charge in [-0.15, -0.1) is 0 Å². The Kier molecular flexibility index (Phi) is 10.1. The first-order chi connectivity index (χ1) is 24.2. The Labute approximate surface area is 289 Å². The predicted molar refractivity (Wildman–Crippen MR) is 189 cm³/mol. The van der Waals surface area contributed by atoms with Gasteiger partial charge in [-0.25, -0.2) is 0 Å². The highest BCUT2D eigenvalue weighted by Crippen LogP contribution is 2.27. The molecule has 0 bridgehead atoms. The van der Waals surface area contributed by atoms with Crippen molar-refractivity contribution in [3.05, 3.63) is 144 Å². The number of ether oxygens (including phenoxy) is 1. The fourth-order valence-electron chi connectivity index (χ4n) is 5.36. The first-order valence-electron chi connectivity index (χ1n) is 15.9. The standard InChI is InChI=1S/C40H34N4O6/c1-26-3-9-29(10-4-26)30-13-15-32(16-14-30)39-42-38(43-50-39)31-11-5-28(6-12-31)24-44(25-37(46)47)40(48)33-17-19-34(20-18-33)41-36(45)23-27-7-21-35(49-2)22-8-27/h3-22H,23-25H2,1-2H3,(H,41,45)(H,46,47). The van der Waals surface area contributed by atoms with E-state index >= 15 is 0 Å². The van der Waals surface area contributed by atoms with Crippen molar-refractivity contribution in [2.24, 2.45) is 0 Å². The first kappa shape index (κ1) is 33.4. The number of anilines is 1. The maximum Gasteiger partial charge on any atom is 0.323 e. The number of carbonyl (C=O) groups is 3. The van der Waals surface area contributed by atoms with E-state index in [4.69, 9.17) is 9.26 Å². The maximum atomic E-state index is 13.4. The zero-order valence-corrected chi connectivity index (χ0v) is 27.5. The minimum atomic E-state index is -1.14. The number of aromatic nitrogens is 2. The number of aryl methyl sites for hydroxylation is 1. The molecule has 0 unspecified atom stereocenters. The smallest absolute Gasteiger partial charge is 0.323 e. The number of nitrogens with zero attached hydrogens (tertiary/aromatic N) is 3. The molecule has 6 aromatic rings. The van der Waals surface area contributed by atoms with Gasteiger partial charge in [0.15, 0.2) is 0 Å². The number of carboxylic acid groups (broad SMARTS) is 1. The van der Waals surface area contributed by atoms with E-state index in [0.29, 0.717) is 34.3 Å². The topological polar surface area (TPSA) is 135 Å². The zero-order valence-electron chi connectivity index (χ0n) is 27.5. The van der Waals surface area contributed by atoms with Crippen LogP contribution in [0.5, 0.6) is 5.75 Å². The van der Waals surface area contributed by atoms with Crippen molar-refractivity contribution in [1.82, 2.24) is 15.0 Å². The van der Waals surface area contributed by atoms with Gasteiger partial charge < -0.3 is 24.6 Å². The van der Waals surface area contributed by atoms with Crippen LogP contribution < -0.4 is 10.1 Å². The molecule has 10 heteroatoms. The molecule has 50 heavy (non-hydrogen) atoms. The largest absolute Gasteiger partial charge is 0.497 e. The molecule has 0 spiro atoms. The highest BCUT2D eigenvalue weighted by molar-refractivity contribution is 5.97. The van der Waals surface area contributed by atoms with Crippen molar-refractivity contribution < 1.29 is 28.8 Å². The number of amides is 2. The summed E-state index contributed by atoms with van der Waals surface area (Å²) in [6.07, 6.45) is 0.173. The summed E-state index contributed by atoms with van der Waals surface area (Å²) in [6, 6.07) is 37.0. The van der Waals surface area contributed by atoms with Gasteiger partial charge in [-0.3, -0.25) is 14.4 Å². The van der Waals surface area contributed by atoms with Gasteiger partial charge in [0.1, 0.15) is 12.3 Å². The van der Waals surface area contributed by atoms with Crippen molar-refractivity contribution in [3.8, 4) is 39.7 Å². The normalized spacial score (nSPS) is 10.8. The SMILES string of the molecule is COc1ccc(CC(=O)Nc2ccc(C(=O)N(CC(=O)O)Cc3ccc(-c4noc(-c5ccc(-c6ccc(C)cc6)cc5)n4)cc3)cc2)cc1.